The molecule has 2 saturated heterocycles. The van der Waals surface area contributed by atoms with E-state index in [0.717, 1.165) is 36.1 Å². The summed E-state index contributed by atoms with van der Waals surface area (Å²) in [5.41, 5.74) is 6.76. The number of aromatic nitrogens is 3. The highest BCUT2D eigenvalue weighted by atomic mass is 16.5. The number of likely N-dealkylation sites (N-methyl/N-ethyl adjacent to an activating group) is 2. The summed E-state index contributed by atoms with van der Waals surface area (Å²) in [6.07, 6.45) is 7.47. The maximum absolute atomic E-state index is 15.0. The second kappa shape index (κ2) is 29.0. The third-order valence-corrected chi connectivity index (χ3v) is 16.7. The Morgan fingerprint density at radius 1 is 0.897 bits per heavy atom. The number of hydrogen-bond acceptors (Lipinski definition) is 15. The number of likely N-dealkylation sites (tertiary alicyclic amines) is 2. The Balaban J connectivity index is 0.970. The minimum absolute atomic E-state index is 0.0101. The predicted molar refractivity (Wildman–Crippen MR) is 288 cm³/mol. The Hall–Kier alpha value is -5.65. The van der Waals surface area contributed by atoms with Crippen LogP contribution in [0.2, 0.25) is 0 Å². The van der Waals surface area contributed by atoms with Gasteiger partial charge in [-0.25, -0.2) is 4.68 Å². The van der Waals surface area contributed by atoms with Crippen molar-refractivity contribution >= 4 is 41.4 Å². The Bertz CT molecular complexity index is 2350. The fraction of sp³-hybridized carbons (Fsp3) is 0.696. The molecule has 1 aliphatic carbocycles. The van der Waals surface area contributed by atoms with Crippen molar-refractivity contribution < 1.29 is 57.2 Å². The van der Waals surface area contributed by atoms with Gasteiger partial charge in [0.15, 0.2) is 0 Å². The number of ether oxygens (including phenoxy) is 5. The lowest BCUT2D eigenvalue weighted by molar-refractivity contribution is -0.153. The van der Waals surface area contributed by atoms with E-state index in [-0.39, 0.29) is 98.2 Å². The number of carbonyl (C=O) groups is 7. The van der Waals surface area contributed by atoms with Gasteiger partial charge in [0.05, 0.1) is 108 Å². The monoisotopic (exact) mass is 1090 g/mol. The van der Waals surface area contributed by atoms with Crippen LogP contribution in [0.5, 0.6) is 0 Å². The maximum atomic E-state index is 15.0. The van der Waals surface area contributed by atoms with Crippen LogP contribution < -0.4 is 16.4 Å². The van der Waals surface area contributed by atoms with Gasteiger partial charge < -0.3 is 49.9 Å². The molecule has 7 amide bonds. The number of nitrogens with two attached hydrogens (primary N) is 1. The molecule has 78 heavy (non-hydrogen) atoms. The van der Waals surface area contributed by atoms with Crippen molar-refractivity contribution in [3.8, 4) is 0 Å². The second-order valence-electron chi connectivity index (χ2n) is 21.8. The zero-order valence-electron chi connectivity index (χ0n) is 47.3. The molecule has 3 aliphatic heterocycles. The lowest BCUT2D eigenvalue weighted by Crippen LogP contribution is -2.61. The van der Waals surface area contributed by atoms with Crippen molar-refractivity contribution in [2.75, 3.05) is 81.0 Å². The summed E-state index contributed by atoms with van der Waals surface area (Å²) >= 11 is 0. The van der Waals surface area contributed by atoms with Crippen molar-refractivity contribution in [2.24, 2.45) is 35.3 Å². The Morgan fingerprint density at radius 2 is 1.56 bits per heavy atom. The number of amides is 7. The molecule has 3 unspecified atom stereocenters. The number of nitrogens with zero attached hydrogens (tertiary/aromatic N) is 7. The fourth-order valence-electron chi connectivity index (χ4n) is 12.6. The summed E-state index contributed by atoms with van der Waals surface area (Å²) in [6.45, 7) is 13.0. The molecule has 0 spiro atoms. The molecule has 4 aliphatic rings. The predicted octanol–water partition coefficient (Wildman–Crippen LogP) is 2.13. The Labute approximate surface area is 459 Å². The second-order valence-corrected chi connectivity index (χ2v) is 21.8. The number of fused-ring (bicyclic) bond motifs is 2. The highest BCUT2D eigenvalue weighted by Crippen LogP contribution is 2.55. The molecule has 2 bridgehead atoms. The molecule has 22 heteroatoms. The molecular weight excluding hydrogens is 1000 g/mol. The molecule has 1 saturated carbocycles. The van der Waals surface area contributed by atoms with Crippen LogP contribution in [0.15, 0.2) is 48.7 Å². The van der Waals surface area contributed by atoms with Crippen LogP contribution >= 0.6 is 0 Å². The first-order chi connectivity index (χ1) is 37.4. The average Bonchev–Trinajstić information content (AvgIpc) is 4.44. The molecule has 432 valence electrons. The smallest absolute Gasteiger partial charge is 0.253 e. The molecule has 4 N–H and O–H groups in total. The van der Waals surface area contributed by atoms with Crippen LogP contribution in [-0.4, -0.2) is 199 Å². The third kappa shape index (κ3) is 15.0. The van der Waals surface area contributed by atoms with E-state index in [1.54, 1.807) is 34.7 Å². The first-order valence-electron chi connectivity index (χ1n) is 27.8. The van der Waals surface area contributed by atoms with Crippen LogP contribution in [-0.2, 0) is 76.8 Å². The number of rotatable bonds is 33. The highest BCUT2D eigenvalue weighted by Gasteiger charge is 2.62. The molecule has 0 radical (unpaired) electrons. The molecule has 11 atom stereocenters. The maximum Gasteiger partial charge on any atom is 0.253 e. The minimum atomic E-state index is -0.914. The normalized spacial score (nSPS) is 22.9. The number of piperidine rings is 1. The number of primary amides is 1. The zero-order valence-corrected chi connectivity index (χ0v) is 47.3. The Kier molecular flexibility index (Phi) is 22.9. The number of nitrogens with one attached hydrogen (secondary N) is 2. The molecule has 22 nitrogen and oxygen atoms in total. The van der Waals surface area contributed by atoms with E-state index in [2.05, 4.69) is 53.5 Å². The first-order valence-corrected chi connectivity index (χ1v) is 27.8. The Morgan fingerprint density at radius 3 is 2.18 bits per heavy atom. The quantitative estimate of drug-likeness (QED) is 0.0684. The van der Waals surface area contributed by atoms with E-state index in [1.807, 2.05) is 44.4 Å². The van der Waals surface area contributed by atoms with E-state index in [4.69, 9.17) is 29.4 Å². The van der Waals surface area contributed by atoms with Crippen molar-refractivity contribution in [3.05, 3.63) is 59.9 Å². The van der Waals surface area contributed by atoms with Gasteiger partial charge in [0.2, 0.25) is 29.5 Å². The SMILES string of the molecule is CC[C@H](C)[C@@H]([C@@H](CC(=O)N1CCC[C@H]1[C@H](OC)[C@@H](C)C(=O)N[C@@H](Cc1ccccc1)C(=O)NCCOCCOCCOCCn1cc(CN2C(=O)C=CC2=O)nn1)OC)N(C)C(=O)[C@@H](C(C)C)C12CCC(C1)C(C(N)=O)N2C. The van der Waals surface area contributed by atoms with Crippen molar-refractivity contribution in [3.63, 3.8) is 0 Å². The molecule has 1 aromatic heterocycles. The summed E-state index contributed by atoms with van der Waals surface area (Å²) in [5.74, 6) is -3.15. The summed E-state index contributed by atoms with van der Waals surface area (Å²) in [4.78, 5) is 101. The van der Waals surface area contributed by atoms with Crippen LogP contribution in [0, 0.1) is 29.6 Å². The van der Waals surface area contributed by atoms with Gasteiger partial charge >= 0.3 is 0 Å². The van der Waals surface area contributed by atoms with E-state index in [0.29, 0.717) is 58.1 Å². The average molecular weight is 1090 g/mol. The molecule has 4 heterocycles. The van der Waals surface area contributed by atoms with Crippen LogP contribution in [0.4, 0.5) is 0 Å². The van der Waals surface area contributed by atoms with Crippen molar-refractivity contribution in [1.29, 1.82) is 0 Å². The largest absolute Gasteiger partial charge is 0.379 e. The van der Waals surface area contributed by atoms with Crippen LogP contribution in [0.25, 0.3) is 0 Å². The molecule has 2 aromatic rings. The van der Waals surface area contributed by atoms with E-state index in [1.165, 1.54) is 19.3 Å². The van der Waals surface area contributed by atoms with E-state index < -0.39 is 53.8 Å². The number of methoxy groups -OCH3 is 2. The number of imide groups is 1. The van der Waals surface area contributed by atoms with Crippen molar-refractivity contribution in [2.45, 2.75) is 141 Å². The van der Waals surface area contributed by atoms with Crippen LogP contribution in [0.3, 0.4) is 0 Å². The van der Waals surface area contributed by atoms with Gasteiger partial charge in [0, 0.05) is 58.5 Å². The minimum Gasteiger partial charge on any atom is -0.379 e. The summed E-state index contributed by atoms with van der Waals surface area (Å²) in [5, 5.41) is 13.9. The lowest BCUT2D eigenvalue weighted by Gasteiger charge is -2.48. The topological polar surface area (TPSA) is 259 Å². The van der Waals surface area contributed by atoms with Gasteiger partial charge in [-0.2, -0.15) is 0 Å². The van der Waals surface area contributed by atoms with Gasteiger partial charge in [-0.1, -0.05) is 76.6 Å². The molecule has 3 fully saturated rings. The summed E-state index contributed by atoms with van der Waals surface area (Å²) in [6, 6.07) is 7.24. The van der Waals surface area contributed by atoms with Gasteiger partial charge in [0.1, 0.15) is 11.7 Å². The fourth-order valence-corrected chi connectivity index (χ4v) is 12.6. The van der Waals surface area contributed by atoms with Crippen LogP contribution in [0.1, 0.15) is 90.8 Å². The third-order valence-electron chi connectivity index (χ3n) is 16.7. The molecular formula is C56H86N10O12. The van der Waals surface area contributed by atoms with Gasteiger partial charge in [-0.05, 0) is 62.5 Å². The number of benzene rings is 1. The van der Waals surface area contributed by atoms with Gasteiger partial charge in [-0.3, -0.25) is 43.4 Å². The summed E-state index contributed by atoms with van der Waals surface area (Å²) < 4.78 is 30.8. The number of carbonyl (C=O) groups excluding carboxylic acids is 7. The van der Waals surface area contributed by atoms with Gasteiger partial charge in [0.25, 0.3) is 11.8 Å². The zero-order chi connectivity index (χ0) is 56.7. The first kappa shape index (κ1) is 61.6. The van der Waals surface area contributed by atoms with E-state index >= 15 is 0 Å². The summed E-state index contributed by atoms with van der Waals surface area (Å²) in [7, 11) is 6.87. The lowest BCUT2D eigenvalue weighted by atomic mass is 9.74. The highest BCUT2D eigenvalue weighted by molar-refractivity contribution is 6.12. The molecule has 6 rings (SSSR count). The van der Waals surface area contributed by atoms with Crippen molar-refractivity contribution in [1.82, 2.24) is 45.2 Å². The molecule has 1 aromatic carbocycles. The number of hydrogen-bond donors (Lipinski definition) is 3. The standard InChI is InChI=1S/C56H86N10O12/c1-10-37(4)49(62(6)55(73)48(36(2)3)56-21-20-40(33-56)50(52(57)70)63(56)7)44(74-8)32-47(69)65-23-14-17-43(65)51(75-9)38(5)53(71)59-42(31-39-15-12-11-13-16-39)54(72)58-22-25-76-27-29-78-30-28-77-26-24-64-34-41(60-61-64)35-66-45(67)18-19-46(66)68/h11-13,15-16,18-19,34,36-38,40,42-44,48-51H,10,14,17,20-33,35H2,1-9H3,(H2,57,70)(H,58,72)(H,59,71)/t37-,38+,40?,42-,43-,44+,48+,49-,50?,51+,56?/m0/s1. The van der Waals surface area contributed by atoms with Gasteiger partial charge in [-0.15, -0.1) is 5.10 Å². The van der Waals surface area contributed by atoms with E-state index in [9.17, 15) is 33.6 Å².